The predicted octanol–water partition coefficient (Wildman–Crippen LogP) is 0.651. The number of nitrogens with zero attached hydrogens (tertiary/aromatic N) is 3. The van der Waals surface area contributed by atoms with E-state index in [1.54, 1.807) is 12.3 Å². The Morgan fingerprint density at radius 1 is 1.47 bits per heavy atom. The summed E-state index contributed by atoms with van der Waals surface area (Å²) in [6.45, 7) is 3.91. The lowest BCUT2D eigenvalue weighted by atomic mass is 10.1. The molecule has 3 rings (SSSR count). The largest absolute Gasteiger partial charge is 0.389 e. The summed E-state index contributed by atoms with van der Waals surface area (Å²) in [7, 11) is 0. The number of hydrogen-bond acceptors (Lipinski definition) is 4. The second kappa shape index (κ2) is 4.43. The molecule has 1 fully saturated rings. The summed E-state index contributed by atoms with van der Waals surface area (Å²) in [5.74, 6) is 0. The normalized spacial score (nSPS) is 24.1. The van der Waals surface area contributed by atoms with Gasteiger partial charge in [-0.3, -0.25) is 14.1 Å². The molecule has 1 saturated heterocycles. The van der Waals surface area contributed by atoms with Gasteiger partial charge in [-0.1, -0.05) is 6.07 Å². The second-order valence-electron chi connectivity index (χ2n) is 5.47. The Morgan fingerprint density at radius 2 is 2.32 bits per heavy atom. The van der Waals surface area contributed by atoms with Crippen LogP contribution in [0.1, 0.15) is 19.0 Å². The molecule has 0 aromatic carbocycles. The van der Waals surface area contributed by atoms with Crippen molar-refractivity contribution in [1.82, 2.24) is 14.3 Å². The van der Waals surface area contributed by atoms with Crippen LogP contribution in [-0.2, 0) is 6.54 Å². The summed E-state index contributed by atoms with van der Waals surface area (Å²) in [5, 5.41) is 9.94. The number of fused-ring (bicyclic) bond motifs is 1. The van der Waals surface area contributed by atoms with Crippen LogP contribution >= 0.6 is 0 Å². The van der Waals surface area contributed by atoms with Gasteiger partial charge in [-0.25, -0.2) is 4.98 Å². The zero-order valence-electron chi connectivity index (χ0n) is 10.9. The van der Waals surface area contributed by atoms with Crippen molar-refractivity contribution in [2.24, 2.45) is 0 Å². The zero-order chi connectivity index (χ0) is 13.5. The fraction of sp³-hybridized carbons (Fsp3) is 0.429. The van der Waals surface area contributed by atoms with Gasteiger partial charge in [0.05, 0.1) is 11.3 Å². The summed E-state index contributed by atoms with van der Waals surface area (Å²) in [5.41, 5.74) is 0.739. The average molecular weight is 259 g/mol. The van der Waals surface area contributed by atoms with Crippen LogP contribution in [0.4, 0.5) is 0 Å². The molecule has 5 nitrogen and oxygen atoms in total. The third kappa shape index (κ3) is 2.52. The van der Waals surface area contributed by atoms with E-state index >= 15 is 0 Å². The van der Waals surface area contributed by atoms with E-state index in [-0.39, 0.29) is 5.56 Å². The lowest BCUT2D eigenvalue weighted by Gasteiger charge is -2.18. The lowest BCUT2D eigenvalue weighted by molar-refractivity contribution is 0.0677. The van der Waals surface area contributed by atoms with Gasteiger partial charge < -0.3 is 5.11 Å². The van der Waals surface area contributed by atoms with E-state index in [1.807, 2.05) is 25.1 Å². The van der Waals surface area contributed by atoms with E-state index in [2.05, 4.69) is 9.88 Å². The highest BCUT2D eigenvalue weighted by atomic mass is 16.3. The standard InChI is InChI=1S/C14H17N3O2/c1-14(19)5-7-16(10-14)9-11-8-13(18)17-6-3-2-4-12(17)15-11/h2-4,6,8,19H,5,7,9-10H2,1H3. The molecule has 0 radical (unpaired) electrons. The molecular formula is C14H17N3O2. The summed E-state index contributed by atoms with van der Waals surface area (Å²) < 4.78 is 1.53. The molecule has 0 bridgehead atoms. The Balaban J connectivity index is 1.88. The molecule has 0 spiro atoms. The van der Waals surface area contributed by atoms with Crippen LogP contribution in [0.3, 0.4) is 0 Å². The van der Waals surface area contributed by atoms with Crippen LogP contribution in [0, 0.1) is 0 Å². The van der Waals surface area contributed by atoms with Gasteiger partial charge in [-0.2, -0.15) is 0 Å². The molecule has 1 N–H and O–H groups in total. The fourth-order valence-electron chi connectivity index (χ4n) is 2.59. The molecule has 19 heavy (non-hydrogen) atoms. The van der Waals surface area contributed by atoms with E-state index in [0.717, 1.165) is 18.7 Å². The average Bonchev–Trinajstić information content (AvgIpc) is 2.69. The smallest absolute Gasteiger partial charge is 0.258 e. The van der Waals surface area contributed by atoms with Gasteiger partial charge in [0.15, 0.2) is 0 Å². The maximum Gasteiger partial charge on any atom is 0.258 e. The minimum absolute atomic E-state index is 0.0634. The van der Waals surface area contributed by atoms with Gasteiger partial charge in [0.2, 0.25) is 0 Å². The van der Waals surface area contributed by atoms with Crippen molar-refractivity contribution >= 4 is 5.65 Å². The summed E-state index contributed by atoms with van der Waals surface area (Å²) >= 11 is 0. The topological polar surface area (TPSA) is 57.8 Å². The number of pyridine rings is 1. The van der Waals surface area contributed by atoms with Crippen molar-refractivity contribution in [3.8, 4) is 0 Å². The van der Waals surface area contributed by atoms with Crippen molar-refractivity contribution in [3.63, 3.8) is 0 Å². The Labute approximate surface area is 111 Å². The Hall–Kier alpha value is -1.72. The first kappa shape index (κ1) is 12.3. The fourth-order valence-corrected chi connectivity index (χ4v) is 2.59. The maximum absolute atomic E-state index is 12.0. The number of rotatable bonds is 2. The summed E-state index contributed by atoms with van der Waals surface area (Å²) in [4.78, 5) is 18.6. The Morgan fingerprint density at radius 3 is 3.05 bits per heavy atom. The Kier molecular flexibility index (Phi) is 2.88. The monoisotopic (exact) mass is 259 g/mol. The highest BCUT2D eigenvalue weighted by molar-refractivity contribution is 5.37. The van der Waals surface area contributed by atoms with Crippen LogP contribution in [0.25, 0.3) is 5.65 Å². The van der Waals surface area contributed by atoms with E-state index in [0.29, 0.717) is 18.7 Å². The van der Waals surface area contributed by atoms with Gasteiger partial charge >= 0.3 is 0 Å². The molecule has 2 aromatic rings. The number of aromatic nitrogens is 2. The van der Waals surface area contributed by atoms with Crippen molar-refractivity contribution in [1.29, 1.82) is 0 Å². The van der Waals surface area contributed by atoms with Crippen molar-refractivity contribution < 1.29 is 5.11 Å². The predicted molar refractivity (Wildman–Crippen MR) is 72.0 cm³/mol. The molecule has 1 atom stereocenters. The minimum atomic E-state index is -0.619. The van der Waals surface area contributed by atoms with Gasteiger partial charge in [-0.05, 0) is 25.5 Å². The molecular weight excluding hydrogens is 242 g/mol. The third-order valence-corrected chi connectivity index (χ3v) is 3.54. The first-order chi connectivity index (χ1) is 9.03. The van der Waals surface area contributed by atoms with E-state index in [1.165, 1.54) is 4.40 Å². The third-order valence-electron chi connectivity index (χ3n) is 3.54. The minimum Gasteiger partial charge on any atom is -0.389 e. The lowest BCUT2D eigenvalue weighted by Crippen LogP contribution is -2.30. The molecule has 0 aliphatic carbocycles. The molecule has 0 saturated carbocycles. The summed E-state index contributed by atoms with van der Waals surface area (Å²) in [6.07, 6.45) is 2.48. The SMILES string of the molecule is CC1(O)CCN(Cc2cc(=O)n3ccccc3n2)C1. The van der Waals surface area contributed by atoms with E-state index in [9.17, 15) is 9.90 Å². The molecule has 1 unspecified atom stereocenters. The number of likely N-dealkylation sites (tertiary alicyclic amines) is 1. The first-order valence-electron chi connectivity index (χ1n) is 6.46. The zero-order valence-corrected chi connectivity index (χ0v) is 10.9. The number of β-amino-alcohol motifs (C(OH)–C–C–N with tert-alkyl or cyclic N) is 1. The van der Waals surface area contributed by atoms with Crippen molar-refractivity contribution in [3.05, 3.63) is 46.5 Å². The van der Waals surface area contributed by atoms with E-state index in [4.69, 9.17) is 0 Å². The van der Waals surface area contributed by atoms with E-state index < -0.39 is 5.60 Å². The molecule has 5 heteroatoms. The van der Waals surface area contributed by atoms with Crippen LogP contribution in [0.2, 0.25) is 0 Å². The molecule has 100 valence electrons. The number of hydrogen-bond donors (Lipinski definition) is 1. The van der Waals surface area contributed by atoms with Gasteiger partial charge in [0, 0.05) is 31.9 Å². The van der Waals surface area contributed by atoms with Crippen LogP contribution in [-0.4, -0.2) is 38.1 Å². The first-order valence-corrected chi connectivity index (χ1v) is 6.46. The summed E-state index contributed by atoms with van der Waals surface area (Å²) in [6, 6.07) is 7.07. The quantitative estimate of drug-likeness (QED) is 0.860. The number of aliphatic hydroxyl groups is 1. The highest BCUT2D eigenvalue weighted by Gasteiger charge is 2.31. The van der Waals surface area contributed by atoms with Crippen LogP contribution < -0.4 is 5.56 Å². The molecule has 1 aliphatic heterocycles. The molecule has 0 amide bonds. The van der Waals surface area contributed by atoms with Crippen molar-refractivity contribution in [2.45, 2.75) is 25.5 Å². The van der Waals surface area contributed by atoms with Crippen LogP contribution in [0.15, 0.2) is 35.3 Å². The van der Waals surface area contributed by atoms with Gasteiger partial charge in [0.25, 0.3) is 5.56 Å². The Bertz CT molecular complexity index is 663. The molecule has 1 aliphatic rings. The molecule has 2 aromatic heterocycles. The molecule has 3 heterocycles. The maximum atomic E-state index is 12.0. The van der Waals surface area contributed by atoms with Gasteiger partial charge in [-0.15, -0.1) is 0 Å². The van der Waals surface area contributed by atoms with Gasteiger partial charge in [0.1, 0.15) is 5.65 Å². The van der Waals surface area contributed by atoms with Crippen LogP contribution in [0.5, 0.6) is 0 Å². The van der Waals surface area contributed by atoms with Crippen molar-refractivity contribution in [2.75, 3.05) is 13.1 Å². The second-order valence-corrected chi connectivity index (χ2v) is 5.47. The highest BCUT2D eigenvalue weighted by Crippen LogP contribution is 2.21.